The summed E-state index contributed by atoms with van der Waals surface area (Å²) >= 11 is 0. The fourth-order valence-electron chi connectivity index (χ4n) is 4.57. The first-order valence-electron chi connectivity index (χ1n) is 10.0. The Balaban J connectivity index is 1.49. The van der Waals surface area contributed by atoms with E-state index in [-0.39, 0.29) is 24.4 Å². The number of urea groups is 1. The molecule has 152 valence electrons. The highest BCUT2D eigenvalue weighted by atomic mass is 16.2. The van der Waals surface area contributed by atoms with Gasteiger partial charge in [0.2, 0.25) is 5.91 Å². The third kappa shape index (κ3) is 3.17. The minimum atomic E-state index is -0.813. The average Bonchev–Trinajstić information content (AvgIpc) is 3.21. The second kappa shape index (κ2) is 7.20. The number of hydrogen-bond donors (Lipinski definition) is 2. The number of imidazole rings is 1. The molecule has 0 bridgehead atoms. The van der Waals surface area contributed by atoms with Crippen molar-refractivity contribution >= 4 is 17.8 Å². The number of nitrogens with one attached hydrogen (secondary N) is 2. The van der Waals surface area contributed by atoms with Gasteiger partial charge in [0.05, 0.1) is 0 Å². The van der Waals surface area contributed by atoms with E-state index < -0.39 is 11.6 Å². The Labute approximate surface area is 164 Å². The molecule has 1 aromatic heterocycles. The minimum Gasteiger partial charge on any atom is -0.336 e. The van der Waals surface area contributed by atoms with E-state index in [1.807, 2.05) is 17.8 Å². The van der Waals surface area contributed by atoms with Crippen molar-refractivity contribution in [2.45, 2.75) is 44.2 Å². The molecule has 0 aromatic carbocycles. The van der Waals surface area contributed by atoms with Gasteiger partial charge in [-0.3, -0.25) is 14.5 Å². The Morgan fingerprint density at radius 3 is 2.75 bits per heavy atom. The maximum Gasteiger partial charge on any atom is 0.325 e. The number of rotatable bonds is 3. The molecule has 3 fully saturated rings. The second-order valence-electron chi connectivity index (χ2n) is 8.29. The zero-order valence-electron chi connectivity index (χ0n) is 16.5. The molecular weight excluding hydrogens is 360 g/mol. The molecular formula is C19H28N6O3. The van der Waals surface area contributed by atoms with Crippen LogP contribution in [0.15, 0.2) is 12.4 Å². The van der Waals surface area contributed by atoms with E-state index in [1.54, 1.807) is 11.1 Å². The highest BCUT2D eigenvalue weighted by Crippen LogP contribution is 2.36. The van der Waals surface area contributed by atoms with Crippen LogP contribution in [0.2, 0.25) is 0 Å². The number of hydrogen-bond acceptors (Lipinski definition) is 5. The summed E-state index contributed by atoms with van der Waals surface area (Å²) in [5.41, 5.74) is -0.813. The molecule has 1 saturated carbocycles. The molecule has 4 rings (SSSR count). The van der Waals surface area contributed by atoms with Gasteiger partial charge in [0.25, 0.3) is 5.91 Å². The predicted octanol–water partition coefficient (Wildman–Crippen LogP) is 0.394. The maximum absolute atomic E-state index is 13.1. The van der Waals surface area contributed by atoms with Crippen LogP contribution < -0.4 is 10.6 Å². The lowest BCUT2D eigenvalue weighted by atomic mass is 9.77. The van der Waals surface area contributed by atoms with Crippen LogP contribution in [0.1, 0.15) is 44.5 Å². The molecule has 1 aromatic rings. The van der Waals surface area contributed by atoms with E-state index in [9.17, 15) is 14.4 Å². The van der Waals surface area contributed by atoms with Gasteiger partial charge in [-0.15, -0.1) is 0 Å². The van der Waals surface area contributed by atoms with Crippen LogP contribution in [-0.2, 0) is 16.6 Å². The normalized spacial score (nSPS) is 30.8. The number of imide groups is 1. The summed E-state index contributed by atoms with van der Waals surface area (Å²) < 4.78 is 1.89. The molecule has 2 N–H and O–H groups in total. The monoisotopic (exact) mass is 388 g/mol. The van der Waals surface area contributed by atoms with Crippen molar-refractivity contribution in [3.63, 3.8) is 0 Å². The van der Waals surface area contributed by atoms with E-state index >= 15 is 0 Å². The van der Waals surface area contributed by atoms with E-state index in [2.05, 4.69) is 22.5 Å². The standard InChI is InChI=1S/C19H28N6O3/c1-13-3-5-19(6-4-13)17(27)25(18(28)22-19)12-15(26)24-10-7-20-11-14(24)16-21-8-9-23(16)2/h8-9,13-14,20H,3-7,10-12H2,1-2H3,(H,22,28). The lowest BCUT2D eigenvalue weighted by molar-refractivity contribution is -0.141. The number of aromatic nitrogens is 2. The third-order valence-corrected chi connectivity index (χ3v) is 6.39. The topological polar surface area (TPSA) is 99.6 Å². The molecule has 4 amide bonds. The van der Waals surface area contributed by atoms with Gasteiger partial charge in [0.15, 0.2) is 0 Å². The van der Waals surface area contributed by atoms with Crippen LogP contribution in [-0.4, -0.2) is 68.9 Å². The van der Waals surface area contributed by atoms with Crippen molar-refractivity contribution in [3.8, 4) is 0 Å². The number of aryl methyl sites for hydroxylation is 1. The van der Waals surface area contributed by atoms with E-state index in [0.29, 0.717) is 38.4 Å². The largest absolute Gasteiger partial charge is 0.336 e. The SMILES string of the molecule is CC1CCC2(CC1)NC(=O)N(CC(=O)N1CCNCC1c1nccn1C)C2=O. The van der Waals surface area contributed by atoms with Crippen molar-refractivity contribution in [2.24, 2.45) is 13.0 Å². The molecule has 1 unspecified atom stereocenters. The molecule has 0 radical (unpaired) electrons. The van der Waals surface area contributed by atoms with E-state index in [4.69, 9.17) is 0 Å². The molecule has 28 heavy (non-hydrogen) atoms. The van der Waals surface area contributed by atoms with Gasteiger partial charge in [0.1, 0.15) is 23.9 Å². The van der Waals surface area contributed by atoms with Crippen LogP contribution in [0.4, 0.5) is 4.79 Å². The minimum absolute atomic E-state index is 0.216. The maximum atomic E-state index is 13.1. The Morgan fingerprint density at radius 1 is 1.32 bits per heavy atom. The van der Waals surface area contributed by atoms with Crippen LogP contribution in [0, 0.1) is 5.92 Å². The number of carbonyl (C=O) groups excluding carboxylic acids is 3. The Hall–Kier alpha value is -2.42. The number of piperazine rings is 1. The second-order valence-corrected chi connectivity index (χ2v) is 8.29. The highest BCUT2D eigenvalue weighted by molar-refractivity contribution is 6.09. The van der Waals surface area contributed by atoms with Crippen LogP contribution in [0.25, 0.3) is 0 Å². The highest BCUT2D eigenvalue weighted by Gasteiger charge is 2.52. The predicted molar refractivity (Wildman–Crippen MR) is 101 cm³/mol. The molecule has 2 aliphatic heterocycles. The number of carbonyl (C=O) groups is 3. The first-order chi connectivity index (χ1) is 13.4. The van der Waals surface area contributed by atoms with E-state index in [1.165, 1.54) is 0 Å². The van der Waals surface area contributed by atoms with Crippen molar-refractivity contribution in [1.29, 1.82) is 0 Å². The Bertz CT molecular complexity index is 782. The van der Waals surface area contributed by atoms with Crippen molar-refractivity contribution < 1.29 is 14.4 Å². The molecule has 3 aliphatic rings. The van der Waals surface area contributed by atoms with Crippen LogP contribution in [0.5, 0.6) is 0 Å². The molecule has 1 atom stereocenters. The first kappa shape index (κ1) is 18.9. The summed E-state index contributed by atoms with van der Waals surface area (Å²) in [5, 5.41) is 6.17. The van der Waals surface area contributed by atoms with Crippen molar-refractivity contribution in [3.05, 3.63) is 18.2 Å². The Kier molecular flexibility index (Phi) is 4.86. The lowest BCUT2D eigenvalue weighted by Gasteiger charge is -2.36. The van der Waals surface area contributed by atoms with Gasteiger partial charge in [-0.1, -0.05) is 6.92 Å². The Morgan fingerprint density at radius 2 is 2.07 bits per heavy atom. The van der Waals surface area contributed by atoms with Gasteiger partial charge in [-0.05, 0) is 31.6 Å². The molecule has 3 heterocycles. The zero-order chi connectivity index (χ0) is 19.9. The molecule has 1 aliphatic carbocycles. The summed E-state index contributed by atoms with van der Waals surface area (Å²) in [5.74, 6) is 0.876. The fraction of sp³-hybridized carbons (Fsp3) is 0.684. The fourth-order valence-corrected chi connectivity index (χ4v) is 4.57. The molecule has 9 nitrogen and oxygen atoms in total. The van der Waals surface area contributed by atoms with Gasteiger partial charge in [-0.2, -0.15) is 0 Å². The first-order valence-corrected chi connectivity index (χ1v) is 10.0. The quantitative estimate of drug-likeness (QED) is 0.730. The summed E-state index contributed by atoms with van der Waals surface area (Å²) in [4.78, 5) is 45.8. The van der Waals surface area contributed by atoms with Gasteiger partial charge >= 0.3 is 6.03 Å². The molecule has 1 spiro atoms. The van der Waals surface area contributed by atoms with Gasteiger partial charge < -0.3 is 20.1 Å². The molecule has 2 saturated heterocycles. The number of amides is 4. The van der Waals surface area contributed by atoms with E-state index in [0.717, 1.165) is 23.6 Å². The van der Waals surface area contributed by atoms with Crippen molar-refractivity contribution in [2.75, 3.05) is 26.2 Å². The smallest absolute Gasteiger partial charge is 0.325 e. The van der Waals surface area contributed by atoms with Crippen LogP contribution >= 0.6 is 0 Å². The average molecular weight is 388 g/mol. The summed E-state index contributed by atoms with van der Waals surface area (Å²) in [6.45, 7) is 3.73. The third-order valence-electron chi connectivity index (χ3n) is 6.39. The van der Waals surface area contributed by atoms with Crippen molar-refractivity contribution in [1.82, 2.24) is 30.0 Å². The van der Waals surface area contributed by atoms with Crippen LogP contribution in [0.3, 0.4) is 0 Å². The zero-order valence-corrected chi connectivity index (χ0v) is 16.5. The number of nitrogens with zero attached hydrogens (tertiary/aromatic N) is 4. The summed E-state index contributed by atoms with van der Waals surface area (Å²) in [7, 11) is 1.89. The summed E-state index contributed by atoms with van der Waals surface area (Å²) in [6.07, 6.45) is 6.66. The van der Waals surface area contributed by atoms with Gasteiger partial charge in [0, 0.05) is 39.1 Å². The summed E-state index contributed by atoms with van der Waals surface area (Å²) in [6, 6.07) is -0.664. The van der Waals surface area contributed by atoms with Gasteiger partial charge in [-0.25, -0.2) is 9.78 Å². The molecule has 9 heteroatoms. The lowest BCUT2D eigenvalue weighted by Crippen LogP contribution is -2.53.